The molecule has 4 nitrogen and oxygen atoms in total. The number of hydrogen-bond acceptors (Lipinski definition) is 3. The van der Waals surface area contributed by atoms with Gasteiger partial charge in [-0.15, -0.1) is 0 Å². The summed E-state index contributed by atoms with van der Waals surface area (Å²) in [6, 6.07) is 20.2. The topological polar surface area (TPSA) is 61.3 Å². The highest BCUT2D eigenvalue weighted by Gasteiger charge is 2.28. The van der Waals surface area contributed by atoms with Crippen molar-refractivity contribution in [1.29, 1.82) is 0 Å². The third kappa shape index (κ3) is 1.94. The van der Waals surface area contributed by atoms with Gasteiger partial charge in [-0.25, -0.2) is 4.98 Å². The maximum Gasteiger partial charge on any atom is 0.139 e. The van der Waals surface area contributed by atoms with Gasteiger partial charge in [-0.3, -0.25) is 0 Å². The summed E-state index contributed by atoms with van der Waals surface area (Å²) in [5.74, 6) is 0.825. The average molecular weight is 325 g/mol. The van der Waals surface area contributed by atoms with Gasteiger partial charge in [-0.05, 0) is 30.2 Å². The number of oxime groups is 1. The highest BCUT2D eigenvalue weighted by molar-refractivity contribution is 6.26. The van der Waals surface area contributed by atoms with E-state index in [0.29, 0.717) is 5.71 Å². The summed E-state index contributed by atoms with van der Waals surface area (Å²) >= 11 is 0. The maximum absolute atomic E-state index is 9.53. The van der Waals surface area contributed by atoms with Crippen LogP contribution in [-0.2, 0) is 0 Å². The van der Waals surface area contributed by atoms with E-state index in [2.05, 4.69) is 41.3 Å². The van der Waals surface area contributed by atoms with Gasteiger partial charge in [0.2, 0.25) is 0 Å². The van der Waals surface area contributed by atoms with Crippen molar-refractivity contribution in [2.24, 2.45) is 5.16 Å². The van der Waals surface area contributed by atoms with E-state index in [4.69, 9.17) is 4.98 Å². The van der Waals surface area contributed by atoms with Gasteiger partial charge in [0.1, 0.15) is 11.5 Å². The molecule has 0 unspecified atom stereocenters. The minimum Gasteiger partial charge on any atom is -0.410 e. The van der Waals surface area contributed by atoms with Gasteiger partial charge in [0.25, 0.3) is 0 Å². The van der Waals surface area contributed by atoms with Gasteiger partial charge >= 0.3 is 0 Å². The first kappa shape index (κ1) is 14.0. The maximum atomic E-state index is 9.53. The number of fused-ring (bicyclic) bond motifs is 4. The van der Waals surface area contributed by atoms with Crippen molar-refractivity contribution in [3.63, 3.8) is 0 Å². The van der Waals surface area contributed by atoms with Crippen LogP contribution in [0.4, 0.5) is 0 Å². The zero-order valence-corrected chi connectivity index (χ0v) is 13.6. The Morgan fingerprint density at radius 1 is 0.880 bits per heavy atom. The molecule has 1 aliphatic rings. The number of H-pyrrole nitrogens is 1. The number of aryl methyl sites for hydroxylation is 1. The predicted octanol–water partition coefficient (Wildman–Crippen LogP) is 4.75. The van der Waals surface area contributed by atoms with E-state index in [1.54, 1.807) is 0 Å². The highest BCUT2D eigenvalue weighted by atomic mass is 16.4. The number of rotatable bonds is 1. The molecule has 120 valence electrons. The lowest BCUT2D eigenvalue weighted by molar-refractivity contribution is 0.320. The lowest BCUT2D eigenvalue weighted by Crippen LogP contribution is -1.97. The quantitative estimate of drug-likeness (QED) is 0.345. The van der Waals surface area contributed by atoms with Gasteiger partial charge in [-0.2, -0.15) is 0 Å². The molecule has 1 aromatic heterocycles. The molecule has 1 heterocycles. The van der Waals surface area contributed by atoms with Crippen LogP contribution in [0.25, 0.3) is 33.5 Å². The van der Waals surface area contributed by atoms with E-state index in [-0.39, 0.29) is 0 Å². The molecule has 1 aliphatic carbocycles. The van der Waals surface area contributed by atoms with Crippen molar-refractivity contribution in [1.82, 2.24) is 9.97 Å². The molecular weight excluding hydrogens is 310 g/mol. The number of aromatic amines is 1. The van der Waals surface area contributed by atoms with Crippen LogP contribution in [0.15, 0.2) is 65.8 Å². The molecule has 0 saturated carbocycles. The Labute approximate surface area is 144 Å². The number of hydrogen-bond donors (Lipinski definition) is 2. The number of nitrogens with one attached hydrogen (secondary N) is 1. The second-order valence-corrected chi connectivity index (χ2v) is 6.33. The normalized spacial score (nSPS) is 14.0. The molecule has 0 fully saturated rings. The Balaban J connectivity index is 1.82. The van der Waals surface area contributed by atoms with Crippen molar-refractivity contribution < 1.29 is 5.21 Å². The summed E-state index contributed by atoms with van der Waals surface area (Å²) in [5, 5.41) is 13.1. The van der Waals surface area contributed by atoms with Crippen LogP contribution in [-0.4, -0.2) is 20.9 Å². The van der Waals surface area contributed by atoms with E-state index >= 15 is 0 Å². The number of imidazole rings is 1. The third-order valence-electron chi connectivity index (χ3n) is 4.76. The summed E-state index contributed by atoms with van der Waals surface area (Å²) in [6.07, 6.45) is 0. The Hall–Kier alpha value is -3.40. The minimum atomic E-state index is 0.611. The Morgan fingerprint density at radius 3 is 2.48 bits per heavy atom. The van der Waals surface area contributed by atoms with Crippen molar-refractivity contribution in [2.45, 2.75) is 6.92 Å². The van der Waals surface area contributed by atoms with Gasteiger partial charge in [-0.1, -0.05) is 53.7 Å². The van der Waals surface area contributed by atoms with Gasteiger partial charge in [0.15, 0.2) is 0 Å². The molecular formula is C21H15N3O. The van der Waals surface area contributed by atoms with Crippen LogP contribution < -0.4 is 0 Å². The molecule has 4 aromatic rings. The molecule has 2 N–H and O–H groups in total. The smallest absolute Gasteiger partial charge is 0.139 e. The SMILES string of the molecule is Cc1ccc2nc(-c3cccc4c3-c3ccccc3C4=NO)[nH]c2c1. The molecule has 0 atom stereocenters. The minimum absolute atomic E-state index is 0.611. The van der Waals surface area contributed by atoms with E-state index in [1.165, 1.54) is 5.56 Å². The summed E-state index contributed by atoms with van der Waals surface area (Å²) in [5.41, 5.74) is 8.78. The summed E-state index contributed by atoms with van der Waals surface area (Å²) in [7, 11) is 0. The molecule has 4 heteroatoms. The largest absolute Gasteiger partial charge is 0.410 e. The Bertz CT molecular complexity index is 1170. The van der Waals surface area contributed by atoms with Crippen LogP contribution in [0.5, 0.6) is 0 Å². The molecule has 25 heavy (non-hydrogen) atoms. The van der Waals surface area contributed by atoms with Crippen molar-refractivity contribution in [2.75, 3.05) is 0 Å². The van der Waals surface area contributed by atoms with E-state index in [1.807, 2.05) is 36.4 Å². The van der Waals surface area contributed by atoms with Crippen molar-refractivity contribution in [3.8, 4) is 22.5 Å². The molecule has 0 amide bonds. The number of nitrogens with zero attached hydrogens (tertiary/aromatic N) is 2. The van der Waals surface area contributed by atoms with Crippen molar-refractivity contribution in [3.05, 3.63) is 77.4 Å². The number of benzene rings is 3. The van der Waals surface area contributed by atoms with Gasteiger partial charge in [0, 0.05) is 22.3 Å². The standard InChI is InChI=1S/C21H15N3O/c1-12-9-10-17-18(11-12)23-21(22-17)16-8-4-7-15-19(16)13-5-2-3-6-14(13)20(15)24-25/h2-11,25H,1H3,(H,22,23). The first-order valence-corrected chi connectivity index (χ1v) is 8.18. The number of aromatic nitrogens is 2. The fraction of sp³-hybridized carbons (Fsp3) is 0.0476. The summed E-state index contributed by atoms with van der Waals surface area (Å²) in [4.78, 5) is 8.20. The summed E-state index contributed by atoms with van der Waals surface area (Å²) in [6.45, 7) is 2.07. The molecule has 3 aromatic carbocycles. The molecule has 0 bridgehead atoms. The van der Waals surface area contributed by atoms with Crippen molar-refractivity contribution >= 4 is 16.7 Å². The second kappa shape index (κ2) is 5.05. The van der Waals surface area contributed by atoms with E-state index in [0.717, 1.165) is 44.7 Å². The predicted molar refractivity (Wildman–Crippen MR) is 99.1 cm³/mol. The Morgan fingerprint density at radius 2 is 1.64 bits per heavy atom. The van der Waals surface area contributed by atoms with Gasteiger partial charge < -0.3 is 10.2 Å². The van der Waals surface area contributed by atoms with Crippen LogP contribution in [0.2, 0.25) is 0 Å². The van der Waals surface area contributed by atoms with Crippen LogP contribution >= 0.6 is 0 Å². The zero-order chi connectivity index (χ0) is 17.0. The molecule has 0 radical (unpaired) electrons. The summed E-state index contributed by atoms with van der Waals surface area (Å²) < 4.78 is 0. The van der Waals surface area contributed by atoms with Crippen LogP contribution in [0, 0.1) is 6.92 Å². The van der Waals surface area contributed by atoms with Crippen LogP contribution in [0.1, 0.15) is 16.7 Å². The van der Waals surface area contributed by atoms with E-state index in [9.17, 15) is 5.21 Å². The monoisotopic (exact) mass is 325 g/mol. The second-order valence-electron chi connectivity index (χ2n) is 6.33. The highest BCUT2D eigenvalue weighted by Crippen LogP contribution is 2.42. The molecule has 0 aliphatic heterocycles. The zero-order valence-electron chi connectivity index (χ0n) is 13.6. The first-order valence-electron chi connectivity index (χ1n) is 8.18. The Kier molecular flexibility index (Phi) is 2.82. The molecule has 5 rings (SSSR count). The lowest BCUT2D eigenvalue weighted by atomic mass is 9.99. The van der Waals surface area contributed by atoms with Crippen LogP contribution in [0.3, 0.4) is 0 Å². The fourth-order valence-corrected chi connectivity index (χ4v) is 3.65. The first-order chi connectivity index (χ1) is 12.3. The average Bonchev–Trinajstić information content (AvgIpc) is 3.19. The molecule has 0 spiro atoms. The fourth-order valence-electron chi connectivity index (χ4n) is 3.65. The molecule has 0 saturated heterocycles. The lowest BCUT2D eigenvalue weighted by Gasteiger charge is -2.06. The third-order valence-corrected chi connectivity index (χ3v) is 4.76. The van der Waals surface area contributed by atoms with Gasteiger partial charge in [0.05, 0.1) is 11.0 Å². The van der Waals surface area contributed by atoms with E-state index < -0.39 is 0 Å².